The monoisotopic (exact) mass is 268 g/mol. The third-order valence-corrected chi connectivity index (χ3v) is 3.09. The number of nitrogens with zero attached hydrogens (tertiary/aromatic N) is 3. The van der Waals surface area contributed by atoms with Crippen molar-refractivity contribution in [2.75, 3.05) is 0 Å². The molecule has 20 heavy (non-hydrogen) atoms. The van der Waals surface area contributed by atoms with Gasteiger partial charge in [-0.25, -0.2) is 0 Å². The molecular weight excluding hydrogens is 252 g/mol. The van der Waals surface area contributed by atoms with Crippen LogP contribution in [0.15, 0.2) is 36.5 Å². The second-order valence-electron chi connectivity index (χ2n) is 5.18. The number of primary amides is 1. The molecule has 1 aromatic carbocycles. The largest absolute Gasteiger partial charge is 0.365 e. The first-order chi connectivity index (χ1) is 9.44. The number of carbonyl (C=O) groups is 1. The molecule has 1 aromatic heterocycles. The van der Waals surface area contributed by atoms with Gasteiger partial charge < -0.3 is 5.73 Å². The van der Waals surface area contributed by atoms with Gasteiger partial charge in [0.15, 0.2) is 0 Å². The lowest BCUT2D eigenvalue weighted by Crippen LogP contribution is -2.21. The number of hydrogen-bond acceptors (Lipinski definition) is 3. The number of nitrogens with two attached hydrogens (primary N) is 1. The maximum absolute atomic E-state index is 11.5. The lowest BCUT2D eigenvalue weighted by Gasteiger charge is -2.12. The Balaban J connectivity index is 2.41. The van der Waals surface area contributed by atoms with E-state index in [-0.39, 0.29) is 0 Å². The van der Waals surface area contributed by atoms with Crippen LogP contribution in [0.5, 0.6) is 0 Å². The maximum Gasteiger partial charge on any atom is 0.252 e. The first-order valence-electron chi connectivity index (χ1n) is 6.27. The molecule has 5 heteroatoms. The van der Waals surface area contributed by atoms with Crippen LogP contribution in [-0.4, -0.2) is 15.7 Å². The SMILES string of the molecule is CC(C)(C#N)c1nn(Cc2ccccc2)cc1C(N)=O. The van der Waals surface area contributed by atoms with Crippen LogP contribution in [0.3, 0.4) is 0 Å². The van der Waals surface area contributed by atoms with E-state index in [1.807, 2.05) is 30.3 Å². The zero-order chi connectivity index (χ0) is 14.8. The van der Waals surface area contributed by atoms with Crippen LogP contribution in [0.4, 0.5) is 0 Å². The highest BCUT2D eigenvalue weighted by Gasteiger charge is 2.29. The minimum Gasteiger partial charge on any atom is -0.365 e. The summed E-state index contributed by atoms with van der Waals surface area (Å²) in [4.78, 5) is 11.5. The summed E-state index contributed by atoms with van der Waals surface area (Å²) in [6.07, 6.45) is 1.60. The van der Waals surface area contributed by atoms with Gasteiger partial charge in [-0.05, 0) is 19.4 Å². The summed E-state index contributed by atoms with van der Waals surface area (Å²) >= 11 is 0. The Bertz CT molecular complexity index is 665. The highest BCUT2D eigenvalue weighted by atomic mass is 16.1. The standard InChI is InChI=1S/C15H16N4O/c1-15(2,10-16)13-12(14(17)20)9-19(18-13)8-11-6-4-3-5-7-11/h3-7,9H,8H2,1-2H3,(H2,17,20). The molecule has 1 amide bonds. The Morgan fingerprint density at radius 3 is 2.60 bits per heavy atom. The van der Waals surface area contributed by atoms with Crippen LogP contribution in [0.25, 0.3) is 0 Å². The van der Waals surface area contributed by atoms with Gasteiger partial charge in [0, 0.05) is 6.20 Å². The molecule has 0 saturated carbocycles. The number of rotatable bonds is 4. The minimum atomic E-state index is -0.855. The second kappa shape index (κ2) is 5.17. The summed E-state index contributed by atoms with van der Waals surface area (Å²) in [5.74, 6) is -0.567. The van der Waals surface area contributed by atoms with Gasteiger partial charge in [-0.15, -0.1) is 0 Å². The molecule has 2 N–H and O–H groups in total. The highest BCUT2D eigenvalue weighted by Crippen LogP contribution is 2.24. The number of aromatic nitrogens is 2. The third kappa shape index (κ3) is 2.69. The molecule has 2 rings (SSSR count). The number of amides is 1. The smallest absolute Gasteiger partial charge is 0.252 e. The molecule has 102 valence electrons. The van der Waals surface area contributed by atoms with Crippen LogP contribution < -0.4 is 5.73 Å². The zero-order valence-corrected chi connectivity index (χ0v) is 11.5. The van der Waals surface area contributed by atoms with Crippen molar-refractivity contribution >= 4 is 5.91 Å². The Morgan fingerprint density at radius 2 is 2.05 bits per heavy atom. The predicted molar refractivity (Wildman–Crippen MR) is 74.9 cm³/mol. The van der Waals surface area contributed by atoms with Crippen molar-refractivity contribution in [2.45, 2.75) is 25.8 Å². The van der Waals surface area contributed by atoms with E-state index in [9.17, 15) is 10.1 Å². The average Bonchev–Trinajstić information content (AvgIpc) is 2.85. The number of benzene rings is 1. The molecule has 1 heterocycles. The summed E-state index contributed by atoms with van der Waals surface area (Å²) in [5, 5.41) is 13.6. The Hall–Kier alpha value is -2.61. The molecule has 5 nitrogen and oxygen atoms in total. The van der Waals surface area contributed by atoms with E-state index in [2.05, 4.69) is 11.2 Å². The van der Waals surface area contributed by atoms with Crippen LogP contribution in [0, 0.1) is 11.3 Å². The lowest BCUT2D eigenvalue weighted by molar-refractivity contribution is 0.0998. The molecule has 0 fully saturated rings. The Labute approximate surface area is 117 Å². The van der Waals surface area contributed by atoms with E-state index in [0.717, 1.165) is 5.56 Å². The van der Waals surface area contributed by atoms with Crippen molar-refractivity contribution in [3.8, 4) is 6.07 Å². The highest BCUT2D eigenvalue weighted by molar-refractivity contribution is 5.94. The minimum absolute atomic E-state index is 0.299. The van der Waals surface area contributed by atoms with Crippen LogP contribution in [-0.2, 0) is 12.0 Å². The van der Waals surface area contributed by atoms with Crippen molar-refractivity contribution < 1.29 is 4.79 Å². The summed E-state index contributed by atoms with van der Waals surface area (Å²) in [6, 6.07) is 11.9. The van der Waals surface area contributed by atoms with Gasteiger partial charge in [-0.2, -0.15) is 10.4 Å². The fourth-order valence-corrected chi connectivity index (χ4v) is 1.97. The maximum atomic E-state index is 11.5. The van der Waals surface area contributed by atoms with Crippen molar-refractivity contribution in [3.05, 3.63) is 53.3 Å². The molecule has 0 aliphatic heterocycles. The molecule has 0 radical (unpaired) electrons. The van der Waals surface area contributed by atoms with E-state index in [1.54, 1.807) is 24.7 Å². The van der Waals surface area contributed by atoms with Gasteiger partial charge in [0.2, 0.25) is 0 Å². The quantitative estimate of drug-likeness (QED) is 0.918. The summed E-state index contributed by atoms with van der Waals surface area (Å²) < 4.78 is 1.64. The Kier molecular flexibility index (Phi) is 3.57. The van der Waals surface area contributed by atoms with Gasteiger partial charge in [0.25, 0.3) is 5.91 Å². The van der Waals surface area contributed by atoms with E-state index >= 15 is 0 Å². The summed E-state index contributed by atoms with van der Waals surface area (Å²) in [5.41, 5.74) is 6.30. The van der Waals surface area contributed by atoms with E-state index < -0.39 is 11.3 Å². The molecule has 0 aliphatic carbocycles. The van der Waals surface area contributed by atoms with Gasteiger partial charge in [0.1, 0.15) is 0 Å². The van der Waals surface area contributed by atoms with Crippen LogP contribution in [0.2, 0.25) is 0 Å². The van der Waals surface area contributed by atoms with E-state index in [4.69, 9.17) is 5.73 Å². The van der Waals surface area contributed by atoms with Crippen LogP contribution in [0.1, 0.15) is 35.5 Å². The van der Waals surface area contributed by atoms with Crippen molar-refractivity contribution in [1.29, 1.82) is 5.26 Å². The number of hydrogen-bond donors (Lipinski definition) is 1. The van der Waals surface area contributed by atoms with Crippen molar-refractivity contribution in [3.63, 3.8) is 0 Å². The van der Waals surface area contributed by atoms with Gasteiger partial charge in [0.05, 0.1) is 29.3 Å². The van der Waals surface area contributed by atoms with Crippen molar-refractivity contribution in [1.82, 2.24) is 9.78 Å². The fraction of sp³-hybridized carbons (Fsp3) is 0.267. The van der Waals surface area contributed by atoms with Crippen molar-refractivity contribution in [2.24, 2.45) is 5.73 Å². The van der Waals surface area contributed by atoms with Gasteiger partial charge in [-0.3, -0.25) is 9.48 Å². The van der Waals surface area contributed by atoms with Gasteiger partial charge >= 0.3 is 0 Å². The third-order valence-electron chi connectivity index (χ3n) is 3.09. The number of nitriles is 1. The van der Waals surface area contributed by atoms with Crippen LogP contribution >= 0.6 is 0 Å². The Morgan fingerprint density at radius 1 is 1.40 bits per heavy atom. The normalized spacial score (nSPS) is 11.1. The predicted octanol–water partition coefficient (Wildman–Crippen LogP) is 1.83. The molecule has 0 atom stereocenters. The lowest BCUT2D eigenvalue weighted by atomic mass is 9.89. The molecule has 0 bridgehead atoms. The number of carbonyl (C=O) groups excluding carboxylic acids is 1. The fourth-order valence-electron chi connectivity index (χ4n) is 1.97. The molecule has 2 aromatic rings. The molecule has 0 unspecified atom stereocenters. The molecular formula is C15H16N4O. The molecule has 0 saturated heterocycles. The molecule has 0 spiro atoms. The molecule has 0 aliphatic rings. The first kappa shape index (κ1) is 13.8. The summed E-state index contributed by atoms with van der Waals surface area (Å²) in [7, 11) is 0. The zero-order valence-electron chi connectivity index (χ0n) is 11.5. The first-order valence-corrected chi connectivity index (χ1v) is 6.27. The van der Waals surface area contributed by atoms with E-state index in [1.165, 1.54) is 0 Å². The van der Waals surface area contributed by atoms with E-state index in [0.29, 0.717) is 17.8 Å². The second-order valence-corrected chi connectivity index (χ2v) is 5.18. The average molecular weight is 268 g/mol. The van der Waals surface area contributed by atoms with Gasteiger partial charge in [-0.1, -0.05) is 30.3 Å². The summed E-state index contributed by atoms with van der Waals surface area (Å²) in [6.45, 7) is 3.96. The topological polar surface area (TPSA) is 84.7 Å².